The lowest BCUT2D eigenvalue weighted by Gasteiger charge is -2.23. The molecule has 0 saturated heterocycles. The number of carbonyl (C=O) groups is 1. The Morgan fingerprint density at radius 1 is 1.16 bits per heavy atom. The molecular formula is C19H20F3N3O5S. The normalized spacial score (nSPS) is 11.9. The zero-order valence-corrected chi connectivity index (χ0v) is 17.6. The van der Waals surface area contributed by atoms with Crippen molar-refractivity contribution in [3.8, 4) is 11.5 Å². The molecule has 0 spiro atoms. The van der Waals surface area contributed by atoms with Crippen LogP contribution in [0.15, 0.2) is 47.6 Å². The molecule has 8 nitrogen and oxygen atoms in total. The van der Waals surface area contributed by atoms with Crippen LogP contribution >= 0.6 is 0 Å². The first-order valence-corrected chi connectivity index (χ1v) is 10.5. The largest absolute Gasteiger partial charge is 0.497 e. The number of hydrogen-bond acceptors (Lipinski definition) is 6. The molecule has 2 aromatic carbocycles. The molecule has 1 N–H and O–H groups in total. The second kappa shape index (κ2) is 9.69. The van der Waals surface area contributed by atoms with E-state index in [0.717, 1.165) is 22.8 Å². The first-order chi connectivity index (χ1) is 14.5. The van der Waals surface area contributed by atoms with Crippen LogP contribution < -0.4 is 19.2 Å². The van der Waals surface area contributed by atoms with Crippen LogP contribution in [0, 0.1) is 0 Å². The molecule has 0 aromatic heterocycles. The summed E-state index contributed by atoms with van der Waals surface area (Å²) in [5, 5.41) is 3.52. The molecule has 31 heavy (non-hydrogen) atoms. The summed E-state index contributed by atoms with van der Waals surface area (Å²) in [7, 11) is -1.18. The highest BCUT2D eigenvalue weighted by molar-refractivity contribution is 7.92. The number of alkyl halides is 3. The number of methoxy groups -OCH3 is 2. The topological polar surface area (TPSA) is 97.3 Å². The van der Waals surface area contributed by atoms with E-state index < -0.39 is 34.2 Å². The van der Waals surface area contributed by atoms with Gasteiger partial charge in [-0.1, -0.05) is 18.2 Å². The molecule has 0 bridgehead atoms. The van der Waals surface area contributed by atoms with Gasteiger partial charge in [0.2, 0.25) is 10.0 Å². The van der Waals surface area contributed by atoms with Gasteiger partial charge in [0.15, 0.2) is 0 Å². The molecule has 2 aromatic rings. The number of carbonyl (C=O) groups excluding carboxylic acids is 1. The van der Waals surface area contributed by atoms with Gasteiger partial charge in [-0.05, 0) is 18.2 Å². The second-order valence-corrected chi connectivity index (χ2v) is 8.09. The molecule has 0 heterocycles. The number of hydrogen-bond donors (Lipinski definition) is 1. The molecule has 0 aliphatic rings. The number of hydrazone groups is 1. The summed E-state index contributed by atoms with van der Waals surface area (Å²) in [6.45, 7) is -0.681. The van der Waals surface area contributed by atoms with Crippen LogP contribution in [0.25, 0.3) is 0 Å². The molecule has 1 amide bonds. The van der Waals surface area contributed by atoms with Gasteiger partial charge in [-0.15, -0.1) is 0 Å². The number of anilines is 1. The molecule has 0 aliphatic carbocycles. The Balaban J connectivity index is 2.22. The molecule has 2 rings (SSSR count). The highest BCUT2D eigenvalue weighted by atomic mass is 32.2. The minimum absolute atomic E-state index is 0.0762. The Bertz CT molecular complexity index is 1070. The van der Waals surface area contributed by atoms with Crippen LogP contribution in [-0.4, -0.2) is 47.6 Å². The standard InChI is InChI=1S/C19H20F3N3O5S/c1-29-14-8-9-16(17(10-14)30-2)25(31(3,27)28)12-18(26)24-23-11-13-6-4-5-7-15(13)19(20,21)22/h4-11H,12H2,1-3H3,(H,24,26)/b23-11-. The fraction of sp³-hybridized carbons (Fsp3) is 0.263. The van der Waals surface area contributed by atoms with E-state index in [1.807, 2.05) is 5.43 Å². The molecule has 0 aliphatic heterocycles. The number of rotatable bonds is 8. The van der Waals surface area contributed by atoms with Gasteiger partial charge in [-0.25, -0.2) is 13.8 Å². The van der Waals surface area contributed by atoms with Crippen LogP contribution in [0.5, 0.6) is 11.5 Å². The summed E-state index contributed by atoms with van der Waals surface area (Å²) < 4.78 is 74.5. The molecular weight excluding hydrogens is 439 g/mol. The fourth-order valence-electron chi connectivity index (χ4n) is 2.58. The van der Waals surface area contributed by atoms with Gasteiger partial charge in [-0.2, -0.15) is 18.3 Å². The lowest BCUT2D eigenvalue weighted by molar-refractivity contribution is -0.137. The lowest BCUT2D eigenvalue weighted by Crippen LogP contribution is -2.39. The number of nitrogens with zero attached hydrogens (tertiary/aromatic N) is 2. The van der Waals surface area contributed by atoms with Crippen molar-refractivity contribution >= 4 is 27.8 Å². The van der Waals surface area contributed by atoms with E-state index in [9.17, 15) is 26.4 Å². The maximum Gasteiger partial charge on any atom is 0.417 e. The summed E-state index contributed by atoms with van der Waals surface area (Å²) in [5.41, 5.74) is 0.930. The van der Waals surface area contributed by atoms with E-state index in [0.29, 0.717) is 5.75 Å². The minimum Gasteiger partial charge on any atom is -0.497 e. The van der Waals surface area contributed by atoms with Crippen molar-refractivity contribution in [3.05, 3.63) is 53.6 Å². The minimum atomic E-state index is -4.59. The Labute approximate surface area is 177 Å². The van der Waals surface area contributed by atoms with Gasteiger partial charge >= 0.3 is 6.18 Å². The Morgan fingerprint density at radius 2 is 1.84 bits per heavy atom. The number of ether oxygens (including phenoxy) is 2. The number of amides is 1. The quantitative estimate of drug-likeness (QED) is 0.484. The van der Waals surface area contributed by atoms with Crippen LogP contribution in [0.4, 0.5) is 18.9 Å². The predicted octanol–water partition coefficient (Wildman–Crippen LogP) is 2.64. The van der Waals surface area contributed by atoms with Crippen molar-refractivity contribution in [2.45, 2.75) is 6.18 Å². The zero-order valence-electron chi connectivity index (χ0n) is 16.8. The zero-order chi connectivity index (χ0) is 23.2. The summed E-state index contributed by atoms with van der Waals surface area (Å²) >= 11 is 0. The third-order valence-corrected chi connectivity index (χ3v) is 5.13. The first-order valence-electron chi connectivity index (χ1n) is 8.65. The van der Waals surface area contributed by atoms with E-state index in [1.165, 1.54) is 50.6 Å². The van der Waals surface area contributed by atoms with Crippen molar-refractivity contribution in [1.82, 2.24) is 5.43 Å². The highest BCUT2D eigenvalue weighted by Gasteiger charge is 2.32. The van der Waals surface area contributed by atoms with Gasteiger partial charge in [0.25, 0.3) is 5.91 Å². The smallest absolute Gasteiger partial charge is 0.417 e. The molecule has 0 saturated carbocycles. The summed E-state index contributed by atoms with van der Waals surface area (Å²) in [6, 6.07) is 9.01. The third kappa shape index (κ3) is 6.35. The Hall–Kier alpha value is -3.28. The number of sulfonamides is 1. The fourth-order valence-corrected chi connectivity index (χ4v) is 3.44. The van der Waals surface area contributed by atoms with Crippen molar-refractivity contribution in [1.29, 1.82) is 0 Å². The maximum absolute atomic E-state index is 13.0. The average Bonchev–Trinajstić information content (AvgIpc) is 2.70. The molecule has 168 valence electrons. The van der Waals surface area contributed by atoms with Gasteiger partial charge < -0.3 is 9.47 Å². The summed E-state index contributed by atoms with van der Waals surface area (Å²) in [4.78, 5) is 12.2. The summed E-state index contributed by atoms with van der Waals surface area (Å²) in [5.74, 6) is -0.323. The number of nitrogens with one attached hydrogen (secondary N) is 1. The van der Waals surface area contributed by atoms with Gasteiger partial charge in [0, 0.05) is 11.6 Å². The molecule has 12 heteroatoms. The molecule has 0 fully saturated rings. The SMILES string of the molecule is COc1ccc(N(CC(=O)N/N=C\c2ccccc2C(F)(F)F)S(C)(=O)=O)c(OC)c1. The second-order valence-electron chi connectivity index (χ2n) is 6.19. The Morgan fingerprint density at radius 3 is 2.42 bits per heavy atom. The molecule has 0 radical (unpaired) electrons. The van der Waals surface area contributed by atoms with E-state index in [1.54, 1.807) is 0 Å². The van der Waals surface area contributed by atoms with Crippen molar-refractivity contribution < 1.29 is 35.9 Å². The Kier molecular flexibility index (Phi) is 7.50. The third-order valence-electron chi connectivity index (χ3n) is 4.00. The van der Waals surface area contributed by atoms with E-state index in [-0.39, 0.29) is 17.0 Å². The van der Waals surface area contributed by atoms with Crippen molar-refractivity contribution in [2.24, 2.45) is 5.10 Å². The lowest BCUT2D eigenvalue weighted by atomic mass is 10.1. The molecule has 0 atom stereocenters. The van der Waals surface area contributed by atoms with Crippen LogP contribution in [-0.2, 0) is 21.0 Å². The van der Waals surface area contributed by atoms with E-state index in [4.69, 9.17) is 9.47 Å². The first kappa shape index (κ1) is 24.0. The summed E-state index contributed by atoms with van der Waals surface area (Å²) in [6.07, 6.45) is -2.86. The van der Waals surface area contributed by atoms with Crippen LogP contribution in [0.1, 0.15) is 11.1 Å². The average molecular weight is 459 g/mol. The van der Waals surface area contributed by atoms with Crippen LogP contribution in [0.2, 0.25) is 0 Å². The van der Waals surface area contributed by atoms with Crippen LogP contribution in [0.3, 0.4) is 0 Å². The van der Waals surface area contributed by atoms with E-state index >= 15 is 0 Å². The molecule has 0 unspecified atom stereocenters. The highest BCUT2D eigenvalue weighted by Crippen LogP contribution is 2.33. The van der Waals surface area contributed by atoms with Crippen molar-refractivity contribution in [2.75, 3.05) is 31.3 Å². The number of halogens is 3. The van der Waals surface area contributed by atoms with Gasteiger partial charge in [0.1, 0.15) is 18.0 Å². The predicted molar refractivity (Wildman–Crippen MR) is 109 cm³/mol. The van der Waals surface area contributed by atoms with Gasteiger partial charge in [0.05, 0.1) is 37.9 Å². The maximum atomic E-state index is 13.0. The van der Waals surface area contributed by atoms with Crippen molar-refractivity contribution in [3.63, 3.8) is 0 Å². The van der Waals surface area contributed by atoms with E-state index in [2.05, 4.69) is 5.10 Å². The number of benzene rings is 2. The van der Waals surface area contributed by atoms with Gasteiger partial charge in [-0.3, -0.25) is 9.10 Å². The monoisotopic (exact) mass is 459 g/mol.